The van der Waals surface area contributed by atoms with Crippen LogP contribution in [0.15, 0.2) is 82.2 Å². The lowest BCUT2D eigenvalue weighted by atomic mass is 10.0. The molecular formula is C23H16N4O3. The number of fused-ring (bicyclic) bond motifs is 1. The predicted molar refractivity (Wildman–Crippen MR) is 112 cm³/mol. The first-order chi connectivity index (χ1) is 14.7. The van der Waals surface area contributed by atoms with E-state index in [0.29, 0.717) is 34.1 Å². The molecule has 0 bridgehead atoms. The van der Waals surface area contributed by atoms with Gasteiger partial charge in [-0.05, 0) is 48.9 Å². The molecular weight excluding hydrogens is 380 g/mol. The number of pyridine rings is 1. The maximum Gasteiger partial charge on any atom is 0.256 e. The lowest BCUT2D eigenvalue weighted by molar-refractivity contribution is 0.102. The van der Waals surface area contributed by atoms with Gasteiger partial charge in [0.25, 0.3) is 5.91 Å². The number of benzene rings is 2. The lowest BCUT2D eigenvalue weighted by Gasteiger charge is -2.12. The van der Waals surface area contributed by atoms with Crippen molar-refractivity contribution in [3.63, 3.8) is 0 Å². The van der Waals surface area contributed by atoms with Gasteiger partial charge in [-0.15, -0.1) is 10.2 Å². The van der Waals surface area contributed by atoms with E-state index in [1.165, 1.54) is 6.39 Å². The first-order valence-corrected chi connectivity index (χ1v) is 9.31. The van der Waals surface area contributed by atoms with Crippen LogP contribution in [0.2, 0.25) is 0 Å². The van der Waals surface area contributed by atoms with Crippen molar-refractivity contribution in [2.45, 2.75) is 6.92 Å². The van der Waals surface area contributed by atoms with Gasteiger partial charge >= 0.3 is 0 Å². The summed E-state index contributed by atoms with van der Waals surface area (Å²) in [6, 6.07) is 18.5. The van der Waals surface area contributed by atoms with Crippen LogP contribution < -0.4 is 5.32 Å². The summed E-state index contributed by atoms with van der Waals surface area (Å²) in [5.74, 6) is 0.747. The van der Waals surface area contributed by atoms with Gasteiger partial charge in [0.15, 0.2) is 5.76 Å². The highest BCUT2D eigenvalue weighted by molar-refractivity contribution is 6.13. The number of carbonyl (C=O) groups excluding carboxylic acids is 1. The number of carbonyl (C=O) groups is 1. The van der Waals surface area contributed by atoms with Gasteiger partial charge in [-0.3, -0.25) is 4.79 Å². The molecule has 7 heteroatoms. The molecule has 1 amide bonds. The van der Waals surface area contributed by atoms with E-state index in [9.17, 15) is 4.79 Å². The van der Waals surface area contributed by atoms with Crippen molar-refractivity contribution in [1.29, 1.82) is 0 Å². The number of nitrogens with one attached hydrogen (secondary N) is 1. The Morgan fingerprint density at radius 1 is 1.00 bits per heavy atom. The topological polar surface area (TPSA) is 94.1 Å². The van der Waals surface area contributed by atoms with Gasteiger partial charge in [0.1, 0.15) is 5.69 Å². The highest BCUT2D eigenvalue weighted by Crippen LogP contribution is 2.28. The number of furan rings is 1. The van der Waals surface area contributed by atoms with Crippen LogP contribution in [0.1, 0.15) is 15.9 Å². The average molecular weight is 396 g/mol. The third-order valence-corrected chi connectivity index (χ3v) is 4.83. The summed E-state index contributed by atoms with van der Waals surface area (Å²) in [5, 5.41) is 11.4. The number of hydrogen-bond acceptors (Lipinski definition) is 6. The quantitative estimate of drug-likeness (QED) is 0.454. The number of amides is 1. The first-order valence-electron chi connectivity index (χ1n) is 9.31. The van der Waals surface area contributed by atoms with Crippen LogP contribution in [0, 0.1) is 6.92 Å². The fourth-order valence-corrected chi connectivity index (χ4v) is 3.29. The van der Waals surface area contributed by atoms with Crippen molar-refractivity contribution in [3.8, 4) is 22.9 Å². The van der Waals surface area contributed by atoms with Crippen LogP contribution >= 0.6 is 0 Å². The fraction of sp³-hybridized carbons (Fsp3) is 0.0435. The Morgan fingerprint density at radius 2 is 1.90 bits per heavy atom. The SMILES string of the molecule is Cc1ccc(-c2nnco2)cc1NC(=O)c1cc(-c2ccco2)nc2ccccc12. The Hall–Kier alpha value is -4.26. The van der Waals surface area contributed by atoms with E-state index in [-0.39, 0.29) is 5.91 Å². The Labute approximate surface area is 171 Å². The molecule has 2 aromatic carbocycles. The van der Waals surface area contributed by atoms with Crippen molar-refractivity contribution in [2.75, 3.05) is 5.32 Å². The Bertz CT molecular complexity index is 1340. The summed E-state index contributed by atoms with van der Waals surface area (Å²) < 4.78 is 10.7. The van der Waals surface area contributed by atoms with Gasteiger partial charge in [0, 0.05) is 16.6 Å². The molecule has 0 aliphatic carbocycles. The molecule has 0 saturated heterocycles. The second kappa shape index (κ2) is 7.29. The zero-order valence-corrected chi connectivity index (χ0v) is 16.0. The van der Waals surface area contributed by atoms with Crippen molar-refractivity contribution >= 4 is 22.5 Å². The predicted octanol–water partition coefficient (Wildman–Crippen LogP) is 5.11. The molecule has 0 saturated carbocycles. The van der Waals surface area contributed by atoms with Gasteiger partial charge in [0.2, 0.25) is 12.3 Å². The van der Waals surface area contributed by atoms with Gasteiger partial charge in [-0.1, -0.05) is 24.3 Å². The van der Waals surface area contributed by atoms with Crippen molar-refractivity contribution < 1.29 is 13.6 Å². The molecule has 0 aliphatic heterocycles. The summed E-state index contributed by atoms with van der Waals surface area (Å²) in [6.07, 6.45) is 2.85. The number of aromatic nitrogens is 3. The summed E-state index contributed by atoms with van der Waals surface area (Å²) in [5.41, 5.74) is 4.12. The van der Waals surface area contributed by atoms with Crippen LogP contribution in [-0.2, 0) is 0 Å². The molecule has 5 rings (SSSR count). The molecule has 1 N–H and O–H groups in total. The molecule has 0 aliphatic rings. The summed E-state index contributed by atoms with van der Waals surface area (Å²) in [7, 11) is 0. The average Bonchev–Trinajstić information content (AvgIpc) is 3.49. The number of para-hydroxylation sites is 1. The molecule has 3 heterocycles. The van der Waals surface area contributed by atoms with Crippen LogP contribution in [0.4, 0.5) is 5.69 Å². The highest BCUT2D eigenvalue weighted by atomic mass is 16.4. The van der Waals surface area contributed by atoms with Crippen molar-refractivity contribution in [1.82, 2.24) is 15.2 Å². The normalized spacial score (nSPS) is 11.0. The van der Waals surface area contributed by atoms with Gasteiger partial charge < -0.3 is 14.2 Å². The van der Waals surface area contributed by atoms with E-state index in [4.69, 9.17) is 8.83 Å². The number of anilines is 1. The van der Waals surface area contributed by atoms with Crippen molar-refractivity contribution in [3.05, 3.63) is 84.4 Å². The monoisotopic (exact) mass is 396 g/mol. The number of nitrogens with zero attached hydrogens (tertiary/aromatic N) is 3. The van der Waals surface area contributed by atoms with E-state index in [0.717, 1.165) is 16.5 Å². The highest BCUT2D eigenvalue weighted by Gasteiger charge is 2.16. The van der Waals surface area contributed by atoms with E-state index < -0.39 is 0 Å². The molecule has 146 valence electrons. The van der Waals surface area contributed by atoms with Gasteiger partial charge in [0.05, 0.1) is 17.3 Å². The standard InChI is InChI=1S/C23H16N4O3/c1-14-8-9-15(23-27-24-13-30-23)11-19(14)26-22(28)17-12-20(21-7-4-10-29-21)25-18-6-3-2-5-16(17)18/h2-13H,1H3,(H,26,28). The molecule has 7 nitrogen and oxygen atoms in total. The maximum atomic E-state index is 13.3. The Balaban J connectivity index is 1.56. The largest absolute Gasteiger partial charge is 0.463 e. The van der Waals surface area contributed by atoms with Crippen molar-refractivity contribution in [2.24, 2.45) is 0 Å². The lowest BCUT2D eigenvalue weighted by Crippen LogP contribution is -2.14. The van der Waals surface area contributed by atoms with Crippen LogP contribution in [-0.4, -0.2) is 21.1 Å². The first kappa shape index (κ1) is 17.8. The van der Waals surface area contributed by atoms with Crippen LogP contribution in [0.3, 0.4) is 0 Å². The fourth-order valence-electron chi connectivity index (χ4n) is 3.29. The van der Waals surface area contributed by atoms with Crippen LogP contribution in [0.5, 0.6) is 0 Å². The van der Waals surface area contributed by atoms with E-state index in [1.807, 2.05) is 55.5 Å². The summed E-state index contributed by atoms with van der Waals surface area (Å²) in [4.78, 5) is 17.9. The zero-order chi connectivity index (χ0) is 20.5. The summed E-state index contributed by atoms with van der Waals surface area (Å²) >= 11 is 0. The number of rotatable bonds is 4. The maximum absolute atomic E-state index is 13.3. The van der Waals surface area contributed by atoms with E-state index in [1.54, 1.807) is 18.4 Å². The minimum atomic E-state index is -0.243. The molecule has 0 radical (unpaired) electrons. The molecule has 0 fully saturated rings. The second-order valence-corrected chi connectivity index (χ2v) is 6.78. The molecule has 3 aromatic heterocycles. The van der Waals surface area contributed by atoms with E-state index in [2.05, 4.69) is 20.5 Å². The Morgan fingerprint density at radius 3 is 2.70 bits per heavy atom. The third-order valence-electron chi connectivity index (χ3n) is 4.83. The number of aryl methyl sites for hydroxylation is 1. The smallest absolute Gasteiger partial charge is 0.256 e. The molecule has 0 unspecified atom stereocenters. The minimum Gasteiger partial charge on any atom is -0.463 e. The third kappa shape index (κ3) is 3.22. The Kier molecular flexibility index (Phi) is 4.33. The molecule has 0 atom stereocenters. The van der Waals surface area contributed by atoms with E-state index >= 15 is 0 Å². The summed E-state index contributed by atoms with van der Waals surface area (Å²) in [6.45, 7) is 1.92. The van der Waals surface area contributed by atoms with Gasteiger partial charge in [-0.25, -0.2) is 4.98 Å². The van der Waals surface area contributed by atoms with Crippen LogP contribution in [0.25, 0.3) is 33.8 Å². The zero-order valence-electron chi connectivity index (χ0n) is 16.0. The van der Waals surface area contributed by atoms with Gasteiger partial charge in [-0.2, -0.15) is 0 Å². The number of hydrogen-bond donors (Lipinski definition) is 1. The molecule has 5 aromatic rings. The molecule has 0 spiro atoms. The minimum absolute atomic E-state index is 0.243. The second-order valence-electron chi connectivity index (χ2n) is 6.78. The molecule has 30 heavy (non-hydrogen) atoms.